The number of hydrogen-bond donors (Lipinski definition) is 2. The van der Waals surface area contributed by atoms with E-state index in [4.69, 9.17) is 5.73 Å². The van der Waals surface area contributed by atoms with Crippen molar-refractivity contribution in [3.8, 4) is 5.69 Å². The van der Waals surface area contributed by atoms with Gasteiger partial charge >= 0.3 is 0 Å². The zero-order valence-corrected chi connectivity index (χ0v) is 18.8. The summed E-state index contributed by atoms with van der Waals surface area (Å²) in [6.45, 7) is 6.00. The van der Waals surface area contributed by atoms with Crippen molar-refractivity contribution in [2.45, 2.75) is 50.4 Å². The van der Waals surface area contributed by atoms with Gasteiger partial charge < -0.3 is 11.1 Å². The number of fused-ring (bicyclic) bond motifs is 1. The predicted octanol–water partition coefficient (Wildman–Crippen LogP) is 4.26. The lowest BCUT2D eigenvalue weighted by Crippen LogP contribution is -2.24. The highest BCUT2D eigenvalue weighted by Crippen LogP contribution is 2.39. The lowest BCUT2D eigenvalue weighted by Gasteiger charge is -2.15. The third-order valence-electron chi connectivity index (χ3n) is 5.50. The molecule has 3 aromatic rings. The maximum absolute atomic E-state index is 12.9. The fourth-order valence-electron chi connectivity index (χ4n) is 3.74. The molecule has 0 saturated carbocycles. The summed E-state index contributed by atoms with van der Waals surface area (Å²) < 4.78 is 2.01. The Balaban J connectivity index is 1.53. The van der Waals surface area contributed by atoms with E-state index in [1.165, 1.54) is 34.2 Å². The van der Waals surface area contributed by atoms with Gasteiger partial charge in [-0.15, -0.1) is 11.3 Å². The molecule has 0 saturated heterocycles. The third kappa shape index (κ3) is 3.77. The first kappa shape index (κ1) is 20.7. The highest BCUT2D eigenvalue weighted by Gasteiger charge is 2.27. The Morgan fingerprint density at radius 3 is 2.87 bits per heavy atom. The Morgan fingerprint density at radius 2 is 2.10 bits per heavy atom. The number of carbonyl (C=O) groups excluding carboxylic acids is 2. The number of aryl methyl sites for hydroxylation is 2. The van der Waals surface area contributed by atoms with Crippen LogP contribution in [0.1, 0.15) is 45.3 Å². The van der Waals surface area contributed by atoms with Crippen molar-refractivity contribution in [2.24, 2.45) is 5.73 Å². The molecule has 0 aliphatic heterocycles. The third-order valence-corrected chi connectivity index (χ3v) is 7.79. The second kappa shape index (κ2) is 8.28. The number of carbonyl (C=O) groups is 2. The number of thiophene rings is 1. The summed E-state index contributed by atoms with van der Waals surface area (Å²) >= 11 is 2.86. The van der Waals surface area contributed by atoms with E-state index in [-0.39, 0.29) is 5.91 Å². The molecule has 2 aromatic heterocycles. The fraction of sp³-hybridized carbons (Fsp3) is 0.318. The Kier molecular flexibility index (Phi) is 5.71. The van der Waals surface area contributed by atoms with E-state index in [1.807, 2.05) is 29.8 Å². The van der Waals surface area contributed by atoms with Gasteiger partial charge in [0, 0.05) is 17.3 Å². The lowest BCUT2D eigenvalue weighted by molar-refractivity contribution is -0.115. The zero-order valence-electron chi connectivity index (χ0n) is 17.2. The van der Waals surface area contributed by atoms with Gasteiger partial charge in [-0.1, -0.05) is 23.9 Å². The molecule has 1 aromatic carbocycles. The summed E-state index contributed by atoms with van der Waals surface area (Å²) in [6, 6.07) is 6.14. The number of nitrogens with zero attached hydrogens (tertiary/aromatic N) is 2. The summed E-state index contributed by atoms with van der Waals surface area (Å²) in [4.78, 5) is 30.5. The molecule has 2 heterocycles. The molecule has 3 N–H and O–H groups in total. The van der Waals surface area contributed by atoms with Gasteiger partial charge in [-0.3, -0.25) is 14.2 Å². The normalized spacial score (nSPS) is 13.8. The predicted molar refractivity (Wildman–Crippen MR) is 122 cm³/mol. The summed E-state index contributed by atoms with van der Waals surface area (Å²) in [7, 11) is 0. The molecule has 30 heavy (non-hydrogen) atoms. The molecular weight excluding hydrogens is 416 g/mol. The van der Waals surface area contributed by atoms with Crippen molar-refractivity contribution in [2.75, 3.05) is 5.32 Å². The number of thioether (sulfide) groups is 1. The average molecular weight is 441 g/mol. The van der Waals surface area contributed by atoms with Crippen LogP contribution >= 0.6 is 23.1 Å². The van der Waals surface area contributed by atoms with Crippen LogP contribution in [0.4, 0.5) is 5.00 Å². The minimum absolute atomic E-state index is 0.169. The van der Waals surface area contributed by atoms with E-state index in [2.05, 4.69) is 30.2 Å². The van der Waals surface area contributed by atoms with Crippen LogP contribution in [0, 0.1) is 13.8 Å². The summed E-state index contributed by atoms with van der Waals surface area (Å²) in [5, 5.41) is 3.86. The minimum atomic E-state index is -0.476. The Labute approximate surface area is 183 Å². The maximum Gasteiger partial charge on any atom is 0.251 e. The van der Waals surface area contributed by atoms with Crippen molar-refractivity contribution in [3.63, 3.8) is 0 Å². The van der Waals surface area contributed by atoms with Gasteiger partial charge in [0.15, 0.2) is 5.16 Å². The summed E-state index contributed by atoms with van der Waals surface area (Å²) in [5.74, 6) is -0.645. The van der Waals surface area contributed by atoms with Gasteiger partial charge in [-0.2, -0.15) is 0 Å². The molecule has 0 unspecified atom stereocenters. The fourth-order valence-corrected chi connectivity index (χ4v) is 5.91. The first-order chi connectivity index (χ1) is 14.4. The van der Waals surface area contributed by atoms with Gasteiger partial charge in [0.05, 0.1) is 16.5 Å². The van der Waals surface area contributed by atoms with E-state index in [0.717, 1.165) is 40.5 Å². The monoisotopic (exact) mass is 440 g/mol. The van der Waals surface area contributed by atoms with Gasteiger partial charge in [-0.25, -0.2) is 4.98 Å². The smallest absolute Gasteiger partial charge is 0.251 e. The number of hydrogen-bond acceptors (Lipinski definition) is 5. The second-order valence-corrected chi connectivity index (χ2v) is 9.89. The number of aromatic nitrogens is 2. The van der Waals surface area contributed by atoms with E-state index in [1.54, 1.807) is 6.20 Å². The van der Waals surface area contributed by atoms with Crippen LogP contribution in [0.5, 0.6) is 0 Å². The van der Waals surface area contributed by atoms with Gasteiger partial charge in [0.2, 0.25) is 5.91 Å². The number of primary amides is 1. The molecule has 8 heteroatoms. The molecule has 2 amide bonds. The Bertz CT molecular complexity index is 1130. The highest BCUT2D eigenvalue weighted by atomic mass is 32.2. The number of imidazole rings is 1. The first-order valence-electron chi connectivity index (χ1n) is 9.88. The van der Waals surface area contributed by atoms with E-state index >= 15 is 0 Å². The lowest BCUT2D eigenvalue weighted by atomic mass is 10.1. The Hall–Kier alpha value is -2.58. The molecule has 1 atom stereocenters. The van der Waals surface area contributed by atoms with Gasteiger partial charge in [0.1, 0.15) is 5.00 Å². The summed E-state index contributed by atoms with van der Waals surface area (Å²) in [6.07, 6.45) is 6.46. The largest absolute Gasteiger partial charge is 0.365 e. The maximum atomic E-state index is 12.9. The van der Waals surface area contributed by atoms with Crippen LogP contribution in [0.25, 0.3) is 5.69 Å². The Morgan fingerprint density at radius 1 is 1.30 bits per heavy atom. The highest BCUT2D eigenvalue weighted by molar-refractivity contribution is 8.00. The quantitative estimate of drug-likeness (QED) is 0.561. The van der Waals surface area contributed by atoms with E-state index in [0.29, 0.717) is 10.6 Å². The van der Waals surface area contributed by atoms with E-state index in [9.17, 15) is 9.59 Å². The number of nitrogens with two attached hydrogens (primary N) is 1. The zero-order chi connectivity index (χ0) is 21.4. The molecule has 0 radical (unpaired) electrons. The van der Waals surface area contributed by atoms with Crippen LogP contribution in [0.2, 0.25) is 0 Å². The van der Waals surface area contributed by atoms with Crippen LogP contribution < -0.4 is 11.1 Å². The van der Waals surface area contributed by atoms with Crippen LogP contribution in [-0.4, -0.2) is 26.6 Å². The average Bonchev–Trinajstić information content (AvgIpc) is 3.39. The molecular formula is C22H24N4O2S2. The number of rotatable bonds is 6. The van der Waals surface area contributed by atoms with Crippen molar-refractivity contribution >= 4 is 39.9 Å². The molecule has 1 aliphatic carbocycles. The van der Waals surface area contributed by atoms with Crippen molar-refractivity contribution in [1.82, 2.24) is 9.55 Å². The number of nitrogens with one attached hydrogen (secondary N) is 1. The second-order valence-electron chi connectivity index (χ2n) is 7.47. The SMILES string of the molecule is Cc1cccc(-n2ccnc2S[C@@H](C)C(=O)Nc2sc3c(c2C(N)=O)CCC3)c1C. The molecule has 0 spiro atoms. The molecule has 0 bridgehead atoms. The number of benzene rings is 1. The first-order valence-corrected chi connectivity index (χ1v) is 11.6. The topological polar surface area (TPSA) is 90.0 Å². The molecule has 4 rings (SSSR count). The van der Waals surface area contributed by atoms with Gasteiger partial charge in [-0.05, 0) is 62.8 Å². The van der Waals surface area contributed by atoms with Crippen LogP contribution in [0.3, 0.4) is 0 Å². The van der Waals surface area contributed by atoms with Gasteiger partial charge in [0.25, 0.3) is 5.91 Å². The molecule has 0 fully saturated rings. The molecule has 1 aliphatic rings. The number of amides is 2. The summed E-state index contributed by atoms with van der Waals surface area (Å²) in [5.41, 5.74) is 10.5. The standard InChI is InChI=1S/C22H24N4O2S2/c1-12-6-4-8-16(13(12)2)26-11-10-24-22(26)29-14(3)20(28)25-21-18(19(23)27)15-7-5-9-17(15)30-21/h4,6,8,10-11,14H,5,7,9H2,1-3H3,(H2,23,27)(H,25,28)/t14-/m0/s1. The molecule has 156 valence electrons. The van der Waals surface area contributed by atoms with Crippen molar-refractivity contribution in [3.05, 3.63) is 57.7 Å². The van der Waals surface area contributed by atoms with Crippen molar-refractivity contribution < 1.29 is 9.59 Å². The van der Waals surface area contributed by atoms with Crippen molar-refractivity contribution in [1.29, 1.82) is 0 Å². The van der Waals surface area contributed by atoms with E-state index < -0.39 is 11.2 Å². The van der Waals surface area contributed by atoms with Crippen LogP contribution in [-0.2, 0) is 17.6 Å². The molecule has 6 nitrogen and oxygen atoms in total. The number of anilines is 1. The minimum Gasteiger partial charge on any atom is -0.365 e. The van der Waals surface area contributed by atoms with Crippen LogP contribution in [0.15, 0.2) is 35.7 Å².